The molecule has 1 aromatic rings. The summed E-state index contributed by atoms with van der Waals surface area (Å²) in [5.74, 6) is 0.625. The van der Waals surface area contributed by atoms with Crippen LogP contribution in [0.3, 0.4) is 0 Å². The van der Waals surface area contributed by atoms with Crippen LogP contribution in [-0.4, -0.2) is 19.6 Å². The molecular formula is C15H23FN2. The number of rotatable bonds is 5. The molecule has 3 heteroatoms. The number of halogens is 1. The fourth-order valence-electron chi connectivity index (χ4n) is 2.56. The first-order valence-corrected chi connectivity index (χ1v) is 6.95. The van der Waals surface area contributed by atoms with Gasteiger partial charge in [0.15, 0.2) is 0 Å². The molecule has 1 unspecified atom stereocenters. The highest BCUT2D eigenvalue weighted by Crippen LogP contribution is 2.28. The maximum atomic E-state index is 14.0. The van der Waals surface area contributed by atoms with Crippen molar-refractivity contribution in [2.45, 2.75) is 33.2 Å². The average molecular weight is 250 g/mol. The smallest absolute Gasteiger partial charge is 0.129 e. The van der Waals surface area contributed by atoms with Crippen LogP contribution in [0.15, 0.2) is 18.2 Å². The third-order valence-electron chi connectivity index (χ3n) is 3.59. The quantitative estimate of drug-likeness (QED) is 0.807. The number of benzene rings is 1. The Morgan fingerprint density at radius 1 is 1.44 bits per heavy atom. The van der Waals surface area contributed by atoms with Crippen LogP contribution in [0.2, 0.25) is 0 Å². The third kappa shape index (κ3) is 3.02. The van der Waals surface area contributed by atoms with Gasteiger partial charge in [-0.2, -0.15) is 0 Å². The second-order valence-corrected chi connectivity index (χ2v) is 5.25. The van der Waals surface area contributed by atoms with Gasteiger partial charge in [0, 0.05) is 30.9 Å². The van der Waals surface area contributed by atoms with Gasteiger partial charge in [-0.05, 0) is 37.4 Å². The van der Waals surface area contributed by atoms with Crippen molar-refractivity contribution < 1.29 is 4.39 Å². The minimum Gasteiger partial charge on any atom is -0.371 e. The van der Waals surface area contributed by atoms with Crippen molar-refractivity contribution in [2.75, 3.05) is 24.5 Å². The second kappa shape index (κ2) is 6.19. The maximum Gasteiger partial charge on any atom is 0.129 e. The summed E-state index contributed by atoms with van der Waals surface area (Å²) >= 11 is 0. The van der Waals surface area contributed by atoms with E-state index >= 15 is 0 Å². The molecule has 0 amide bonds. The maximum absolute atomic E-state index is 14.0. The average Bonchev–Trinajstić information content (AvgIpc) is 2.78. The summed E-state index contributed by atoms with van der Waals surface area (Å²) in [4.78, 5) is 2.32. The van der Waals surface area contributed by atoms with Crippen LogP contribution in [0.25, 0.3) is 0 Å². The van der Waals surface area contributed by atoms with Crippen LogP contribution in [0.4, 0.5) is 10.1 Å². The van der Waals surface area contributed by atoms with E-state index in [0.29, 0.717) is 12.5 Å². The van der Waals surface area contributed by atoms with Gasteiger partial charge in [-0.15, -0.1) is 0 Å². The monoisotopic (exact) mass is 250 g/mol. The van der Waals surface area contributed by atoms with E-state index in [0.717, 1.165) is 37.3 Å². The minimum atomic E-state index is -0.0874. The molecule has 0 spiro atoms. The Balaban J connectivity index is 2.15. The van der Waals surface area contributed by atoms with Crippen molar-refractivity contribution in [1.29, 1.82) is 0 Å². The predicted molar refractivity (Wildman–Crippen MR) is 74.4 cm³/mol. The van der Waals surface area contributed by atoms with Crippen LogP contribution in [0.1, 0.15) is 32.3 Å². The fraction of sp³-hybridized carbons (Fsp3) is 0.600. The molecule has 1 N–H and O–H groups in total. The largest absolute Gasteiger partial charge is 0.371 e. The van der Waals surface area contributed by atoms with Crippen LogP contribution in [0, 0.1) is 11.7 Å². The molecule has 1 saturated heterocycles. The van der Waals surface area contributed by atoms with Gasteiger partial charge in [-0.1, -0.05) is 19.9 Å². The van der Waals surface area contributed by atoms with Gasteiger partial charge in [0.25, 0.3) is 0 Å². The molecule has 1 aliphatic rings. The lowest BCUT2D eigenvalue weighted by Crippen LogP contribution is -2.23. The lowest BCUT2D eigenvalue weighted by Gasteiger charge is -2.22. The Hall–Kier alpha value is -1.09. The minimum absolute atomic E-state index is 0.0874. The van der Waals surface area contributed by atoms with Crippen LogP contribution < -0.4 is 10.2 Å². The van der Waals surface area contributed by atoms with Gasteiger partial charge < -0.3 is 10.2 Å². The van der Waals surface area contributed by atoms with Crippen molar-refractivity contribution >= 4 is 5.69 Å². The number of nitrogens with zero attached hydrogens (tertiary/aromatic N) is 1. The topological polar surface area (TPSA) is 15.3 Å². The van der Waals surface area contributed by atoms with Gasteiger partial charge in [0.05, 0.1) is 0 Å². The Morgan fingerprint density at radius 3 is 2.94 bits per heavy atom. The molecule has 0 aromatic heterocycles. The summed E-state index contributed by atoms with van der Waals surface area (Å²) < 4.78 is 14.0. The van der Waals surface area contributed by atoms with E-state index in [4.69, 9.17) is 0 Å². The van der Waals surface area contributed by atoms with E-state index in [-0.39, 0.29) is 5.82 Å². The molecule has 1 aromatic carbocycles. The first-order valence-electron chi connectivity index (χ1n) is 6.95. The predicted octanol–water partition coefficient (Wildman–Crippen LogP) is 3.17. The zero-order valence-electron chi connectivity index (χ0n) is 11.4. The summed E-state index contributed by atoms with van der Waals surface area (Å²) in [6.45, 7) is 8.03. The van der Waals surface area contributed by atoms with Crippen LogP contribution in [0.5, 0.6) is 0 Å². The van der Waals surface area contributed by atoms with Crippen LogP contribution in [-0.2, 0) is 6.54 Å². The van der Waals surface area contributed by atoms with Gasteiger partial charge in [0.1, 0.15) is 5.82 Å². The normalized spacial score (nSPS) is 19.5. The first kappa shape index (κ1) is 13.3. The summed E-state index contributed by atoms with van der Waals surface area (Å²) in [5.41, 5.74) is 1.89. The van der Waals surface area contributed by atoms with Crippen LogP contribution >= 0.6 is 0 Å². The van der Waals surface area contributed by atoms with Crippen molar-refractivity contribution in [3.05, 3.63) is 29.6 Å². The SMILES string of the molecule is CCCNCc1c(F)cccc1N1CCC(C)C1. The van der Waals surface area contributed by atoms with E-state index in [9.17, 15) is 4.39 Å². The Bertz CT molecular complexity index is 392. The Morgan fingerprint density at radius 2 is 2.28 bits per heavy atom. The molecule has 2 rings (SSSR count). The molecule has 0 aliphatic carbocycles. The zero-order chi connectivity index (χ0) is 13.0. The molecule has 1 aliphatic heterocycles. The standard InChI is InChI=1S/C15H23FN2/c1-3-8-17-10-13-14(16)5-4-6-15(13)18-9-7-12(2)11-18/h4-6,12,17H,3,7-11H2,1-2H3. The highest BCUT2D eigenvalue weighted by atomic mass is 19.1. The van der Waals surface area contributed by atoms with Crippen molar-refractivity contribution in [3.63, 3.8) is 0 Å². The first-order chi connectivity index (χ1) is 8.72. The van der Waals surface area contributed by atoms with E-state index in [1.54, 1.807) is 6.07 Å². The molecule has 18 heavy (non-hydrogen) atoms. The number of hydrogen-bond acceptors (Lipinski definition) is 2. The van der Waals surface area contributed by atoms with E-state index < -0.39 is 0 Å². The van der Waals surface area contributed by atoms with E-state index in [1.165, 1.54) is 6.42 Å². The summed E-state index contributed by atoms with van der Waals surface area (Å²) in [6, 6.07) is 5.42. The van der Waals surface area contributed by atoms with Gasteiger partial charge in [-0.25, -0.2) is 4.39 Å². The molecule has 0 radical (unpaired) electrons. The molecule has 1 atom stereocenters. The molecule has 0 bridgehead atoms. The molecule has 0 saturated carbocycles. The molecule has 1 heterocycles. The summed E-state index contributed by atoms with van der Waals surface area (Å²) in [6.07, 6.45) is 2.28. The number of anilines is 1. The lowest BCUT2D eigenvalue weighted by atomic mass is 10.1. The molecular weight excluding hydrogens is 227 g/mol. The van der Waals surface area contributed by atoms with E-state index in [1.807, 2.05) is 12.1 Å². The number of nitrogens with one attached hydrogen (secondary N) is 1. The third-order valence-corrected chi connectivity index (χ3v) is 3.59. The van der Waals surface area contributed by atoms with Gasteiger partial charge in [-0.3, -0.25) is 0 Å². The lowest BCUT2D eigenvalue weighted by molar-refractivity contribution is 0.585. The van der Waals surface area contributed by atoms with Crippen molar-refractivity contribution in [1.82, 2.24) is 5.32 Å². The molecule has 2 nitrogen and oxygen atoms in total. The zero-order valence-corrected chi connectivity index (χ0v) is 11.4. The molecule has 1 fully saturated rings. The second-order valence-electron chi connectivity index (χ2n) is 5.25. The summed E-state index contributed by atoms with van der Waals surface area (Å²) in [5, 5.41) is 3.30. The van der Waals surface area contributed by atoms with Crippen molar-refractivity contribution in [2.24, 2.45) is 5.92 Å². The highest BCUT2D eigenvalue weighted by molar-refractivity contribution is 5.55. The van der Waals surface area contributed by atoms with E-state index in [2.05, 4.69) is 24.1 Å². The van der Waals surface area contributed by atoms with Gasteiger partial charge >= 0.3 is 0 Å². The Labute approximate surface area is 109 Å². The van der Waals surface area contributed by atoms with Crippen molar-refractivity contribution in [3.8, 4) is 0 Å². The number of hydrogen-bond donors (Lipinski definition) is 1. The summed E-state index contributed by atoms with van der Waals surface area (Å²) in [7, 11) is 0. The Kier molecular flexibility index (Phi) is 4.59. The van der Waals surface area contributed by atoms with Gasteiger partial charge in [0.2, 0.25) is 0 Å². The highest BCUT2D eigenvalue weighted by Gasteiger charge is 2.22. The fourth-order valence-corrected chi connectivity index (χ4v) is 2.56. The molecule has 100 valence electrons.